The molecule has 1 aromatic heterocycles. The Labute approximate surface area is 155 Å². The van der Waals surface area contributed by atoms with Crippen LogP contribution in [0.2, 0.25) is 0 Å². The fraction of sp³-hybridized carbons (Fsp3) is 0.750. The molecule has 26 heavy (non-hydrogen) atoms. The lowest BCUT2D eigenvalue weighted by Gasteiger charge is -2.52. The van der Waals surface area contributed by atoms with Crippen LogP contribution in [0.4, 0.5) is 0 Å². The van der Waals surface area contributed by atoms with Crippen molar-refractivity contribution in [3.63, 3.8) is 0 Å². The molecule has 0 spiro atoms. The van der Waals surface area contributed by atoms with Gasteiger partial charge in [0, 0.05) is 37.8 Å². The molecule has 4 heterocycles. The zero-order chi connectivity index (χ0) is 18.3. The maximum absolute atomic E-state index is 13.0. The Morgan fingerprint density at radius 1 is 1.35 bits per heavy atom. The lowest BCUT2D eigenvalue weighted by atomic mass is 9.76. The van der Waals surface area contributed by atoms with Crippen molar-refractivity contribution >= 4 is 11.8 Å². The predicted octanol–water partition coefficient (Wildman–Crippen LogP) is 2.47. The number of carbonyl (C=O) groups is 2. The largest absolute Gasteiger partial charge is 0.339 e. The minimum Gasteiger partial charge on any atom is -0.339 e. The van der Waals surface area contributed by atoms with E-state index in [1.807, 2.05) is 11.0 Å². The number of likely N-dealkylation sites (tertiary alicyclic amines) is 1. The normalized spacial score (nSPS) is 28.4. The first-order valence-electron chi connectivity index (χ1n) is 10.1. The van der Waals surface area contributed by atoms with Gasteiger partial charge < -0.3 is 9.80 Å². The summed E-state index contributed by atoms with van der Waals surface area (Å²) in [5, 5.41) is 7.31. The summed E-state index contributed by atoms with van der Waals surface area (Å²) in [4.78, 5) is 29.3. The average molecular weight is 358 g/mol. The van der Waals surface area contributed by atoms with E-state index in [2.05, 4.69) is 28.9 Å². The van der Waals surface area contributed by atoms with Gasteiger partial charge in [0.2, 0.25) is 5.91 Å². The van der Waals surface area contributed by atoms with Gasteiger partial charge in [-0.2, -0.15) is 5.10 Å². The quantitative estimate of drug-likeness (QED) is 0.899. The van der Waals surface area contributed by atoms with E-state index in [-0.39, 0.29) is 5.91 Å². The van der Waals surface area contributed by atoms with E-state index in [9.17, 15) is 9.59 Å². The lowest BCUT2D eigenvalue weighted by molar-refractivity contribution is -0.144. The first-order chi connectivity index (χ1) is 12.5. The summed E-state index contributed by atoms with van der Waals surface area (Å²) >= 11 is 0. The van der Waals surface area contributed by atoms with Crippen LogP contribution in [0.3, 0.4) is 0 Å². The van der Waals surface area contributed by atoms with Crippen molar-refractivity contribution in [1.82, 2.24) is 20.0 Å². The number of H-pyrrole nitrogens is 1. The molecule has 3 saturated heterocycles. The highest BCUT2D eigenvalue weighted by Crippen LogP contribution is 2.38. The van der Waals surface area contributed by atoms with Gasteiger partial charge in [-0.3, -0.25) is 14.7 Å². The number of nitrogens with zero attached hydrogens (tertiary/aromatic N) is 3. The second kappa shape index (κ2) is 7.05. The van der Waals surface area contributed by atoms with Crippen LogP contribution in [0.1, 0.15) is 62.1 Å². The van der Waals surface area contributed by atoms with Crippen molar-refractivity contribution in [2.24, 2.45) is 17.8 Å². The molecule has 3 aliphatic rings. The average Bonchev–Trinajstić information content (AvgIpc) is 3.09. The van der Waals surface area contributed by atoms with Crippen molar-refractivity contribution in [3.05, 3.63) is 17.5 Å². The molecule has 3 fully saturated rings. The van der Waals surface area contributed by atoms with Crippen LogP contribution >= 0.6 is 0 Å². The molecule has 2 amide bonds. The number of hydrogen-bond acceptors (Lipinski definition) is 3. The van der Waals surface area contributed by atoms with Crippen LogP contribution in [0.5, 0.6) is 0 Å². The van der Waals surface area contributed by atoms with Crippen LogP contribution in [0.25, 0.3) is 0 Å². The van der Waals surface area contributed by atoms with E-state index in [0.29, 0.717) is 41.8 Å². The SMILES string of the molecule is CC(C)CCc1cc(C(=O)N2C[C@H]3C[C@@H](C2)C2CCCC(=O)N2C3)n[nH]1. The molecule has 3 aliphatic heterocycles. The van der Waals surface area contributed by atoms with Crippen LogP contribution in [-0.2, 0) is 11.2 Å². The number of fused-ring (bicyclic) bond motifs is 4. The number of aryl methyl sites for hydroxylation is 1. The topological polar surface area (TPSA) is 69.3 Å². The van der Waals surface area contributed by atoms with E-state index in [4.69, 9.17) is 0 Å². The third-order valence-electron chi connectivity index (χ3n) is 6.31. The van der Waals surface area contributed by atoms with Crippen LogP contribution < -0.4 is 0 Å². The summed E-state index contributed by atoms with van der Waals surface area (Å²) in [7, 11) is 0. The van der Waals surface area contributed by atoms with Crippen molar-refractivity contribution in [3.8, 4) is 0 Å². The molecule has 3 atom stereocenters. The van der Waals surface area contributed by atoms with Gasteiger partial charge in [-0.25, -0.2) is 0 Å². The predicted molar refractivity (Wildman–Crippen MR) is 98.6 cm³/mol. The number of aromatic amines is 1. The third kappa shape index (κ3) is 3.38. The summed E-state index contributed by atoms with van der Waals surface area (Å²) in [5.74, 6) is 1.84. The lowest BCUT2D eigenvalue weighted by Crippen LogP contribution is -2.61. The molecule has 1 unspecified atom stereocenters. The molecular formula is C20H30N4O2. The summed E-state index contributed by atoms with van der Waals surface area (Å²) in [6.45, 7) is 6.74. The fourth-order valence-electron chi connectivity index (χ4n) is 4.98. The van der Waals surface area contributed by atoms with Gasteiger partial charge in [-0.1, -0.05) is 13.8 Å². The summed E-state index contributed by atoms with van der Waals surface area (Å²) < 4.78 is 0. The number of piperidine rings is 3. The Bertz CT molecular complexity index is 683. The highest BCUT2D eigenvalue weighted by atomic mass is 16.2. The molecule has 142 valence electrons. The van der Waals surface area contributed by atoms with Crippen molar-refractivity contribution in [2.75, 3.05) is 19.6 Å². The molecule has 0 saturated carbocycles. The molecule has 0 aliphatic carbocycles. The number of hydrogen-bond donors (Lipinski definition) is 1. The summed E-state index contributed by atoms with van der Waals surface area (Å²) in [6.07, 6.45) is 5.96. The number of amides is 2. The van der Waals surface area contributed by atoms with Gasteiger partial charge in [-0.05, 0) is 55.9 Å². The molecule has 4 rings (SSSR count). The monoisotopic (exact) mass is 358 g/mol. The molecular weight excluding hydrogens is 328 g/mol. The van der Waals surface area contributed by atoms with E-state index in [1.54, 1.807) is 0 Å². The van der Waals surface area contributed by atoms with E-state index < -0.39 is 0 Å². The zero-order valence-electron chi connectivity index (χ0n) is 15.9. The van der Waals surface area contributed by atoms with Gasteiger partial charge in [0.15, 0.2) is 0 Å². The smallest absolute Gasteiger partial charge is 0.274 e. The molecule has 1 N–H and O–H groups in total. The van der Waals surface area contributed by atoms with Crippen molar-refractivity contribution in [2.45, 2.75) is 58.4 Å². The summed E-state index contributed by atoms with van der Waals surface area (Å²) in [6, 6.07) is 2.26. The number of aromatic nitrogens is 2. The van der Waals surface area contributed by atoms with Gasteiger partial charge in [-0.15, -0.1) is 0 Å². The third-order valence-corrected chi connectivity index (χ3v) is 6.31. The van der Waals surface area contributed by atoms with Gasteiger partial charge >= 0.3 is 0 Å². The number of rotatable bonds is 4. The Balaban J connectivity index is 1.43. The maximum atomic E-state index is 13.0. The second-order valence-corrected chi connectivity index (χ2v) is 8.79. The number of carbonyl (C=O) groups excluding carboxylic acids is 2. The Kier molecular flexibility index (Phi) is 4.76. The maximum Gasteiger partial charge on any atom is 0.274 e. The highest BCUT2D eigenvalue weighted by molar-refractivity contribution is 5.92. The van der Waals surface area contributed by atoms with Crippen LogP contribution in [0, 0.1) is 17.8 Å². The molecule has 6 heteroatoms. The van der Waals surface area contributed by atoms with Gasteiger partial charge in [0.25, 0.3) is 5.91 Å². The van der Waals surface area contributed by atoms with Crippen molar-refractivity contribution in [1.29, 1.82) is 0 Å². The van der Waals surface area contributed by atoms with Crippen molar-refractivity contribution < 1.29 is 9.59 Å². The molecule has 0 radical (unpaired) electrons. The zero-order valence-corrected chi connectivity index (χ0v) is 15.9. The van der Waals surface area contributed by atoms with Crippen LogP contribution in [0.15, 0.2) is 6.07 Å². The number of nitrogens with one attached hydrogen (secondary N) is 1. The molecule has 1 aromatic rings. The minimum absolute atomic E-state index is 0.0438. The minimum atomic E-state index is 0.0438. The van der Waals surface area contributed by atoms with E-state index in [0.717, 1.165) is 57.4 Å². The first-order valence-corrected chi connectivity index (χ1v) is 10.1. The Morgan fingerprint density at radius 3 is 3.00 bits per heavy atom. The van der Waals surface area contributed by atoms with Crippen LogP contribution in [-0.4, -0.2) is 57.5 Å². The van der Waals surface area contributed by atoms with Gasteiger partial charge in [0.05, 0.1) is 0 Å². The second-order valence-electron chi connectivity index (χ2n) is 8.79. The summed E-state index contributed by atoms with van der Waals surface area (Å²) in [5.41, 5.74) is 1.59. The molecule has 0 aromatic carbocycles. The Hall–Kier alpha value is -1.85. The molecule has 2 bridgehead atoms. The van der Waals surface area contributed by atoms with Gasteiger partial charge in [0.1, 0.15) is 5.69 Å². The Morgan fingerprint density at radius 2 is 2.19 bits per heavy atom. The highest BCUT2D eigenvalue weighted by Gasteiger charge is 2.45. The fourth-order valence-corrected chi connectivity index (χ4v) is 4.98. The van der Waals surface area contributed by atoms with E-state index >= 15 is 0 Å². The first kappa shape index (κ1) is 17.6. The standard InChI is InChI=1S/C20H30N4O2/c1-13(2)6-7-16-9-17(22-21-16)20(26)23-10-14-8-15(12-23)18-4-3-5-19(25)24(18)11-14/h9,13-15,18H,3-8,10-12H2,1-2H3,(H,21,22)/t14-,15+,18?/m1/s1. The molecule has 6 nitrogen and oxygen atoms in total. The van der Waals surface area contributed by atoms with E-state index in [1.165, 1.54) is 0 Å².